The molecule has 12 N–H and O–H groups in total. The third-order valence-electron chi connectivity index (χ3n) is 7.48. The number of aliphatic hydroxyl groups excluding tert-OH is 8. The van der Waals surface area contributed by atoms with Gasteiger partial charge in [0.2, 0.25) is 12.6 Å². The van der Waals surface area contributed by atoms with Gasteiger partial charge >= 0.3 is 0 Å². The number of hydrogen-bond donors (Lipinski definition) is 12. The zero-order valence-electron chi connectivity index (χ0n) is 22.6. The van der Waals surface area contributed by atoms with Crippen LogP contribution in [0.4, 0.5) is 0 Å². The SMILES string of the molecule is OCC1OC(OC2=Cc3cc(OC4OC(CO)C(O)C(O)C4O)c(O)cc3OC2c2cc(O)c(O)c(O)c2)C(O)C(O)C1O. The minimum atomic E-state index is -1.83. The highest BCUT2D eigenvalue weighted by molar-refractivity contribution is 5.67. The minimum absolute atomic E-state index is 0.000394. The summed E-state index contributed by atoms with van der Waals surface area (Å²) < 4.78 is 28.1. The van der Waals surface area contributed by atoms with Crippen molar-refractivity contribution in [3.63, 3.8) is 0 Å². The zero-order valence-corrected chi connectivity index (χ0v) is 22.6. The summed E-state index contributed by atoms with van der Waals surface area (Å²) in [4.78, 5) is 0. The Hall–Kier alpha value is -3.62. The summed E-state index contributed by atoms with van der Waals surface area (Å²) in [5.74, 6) is -3.38. The van der Waals surface area contributed by atoms with Crippen LogP contribution in [0, 0.1) is 0 Å². The van der Waals surface area contributed by atoms with E-state index in [0.717, 1.165) is 18.2 Å². The van der Waals surface area contributed by atoms with Gasteiger partial charge in [0, 0.05) is 17.2 Å². The molecule has 2 aromatic carbocycles. The first-order valence-electron chi connectivity index (χ1n) is 13.3. The molecule has 44 heavy (non-hydrogen) atoms. The number of fused-ring (bicyclic) bond motifs is 1. The van der Waals surface area contributed by atoms with Crippen LogP contribution in [0.1, 0.15) is 17.2 Å². The summed E-state index contributed by atoms with van der Waals surface area (Å²) in [6.07, 6.45) is -16.5. The number of phenols is 4. The van der Waals surface area contributed by atoms with E-state index in [1.54, 1.807) is 0 Å². The Bertz CT molecular complexity index is 1360. The maximum atomic E-state index is 10.7. The van der Waals surface area contributed by atoms with Crippen LogP contribution in [0.3, 0.4) is 0 Å². The van der Waals surface area contributed by atoms with Crippen LogP contribution in [0.2, 0.25) is 0 Å². The summed E-state index contributed by atoms with van der Waals surface area (Å²) in [6.45, 7) is -1.47. The van der Waals surface area contributed by atoms with Gasteiger partial charge < -0.3 is 85.0 Å². The normalized spacial score (nSPS) is 35.3. The van der Waals surface area contributed by atoms with Crippen molar-refractivity contribution in [3.05, 3.63) is 41.2 Å². The first-order chi connectivity index (χ1) is 20.8. The molecule has 0 spiro atoms. The number of aliphatic hydroxyl groups is 8. The Kier molecular flexibility index (Phi) is 8.96. The van der Waals surface area contributed by atoms with Crippen molar-refractivity contribution >= 4 is 6.08 Å². The van der Waals surface area contributed by atoms with Crippen molar-refractivity contribution in [2.45, 2.75) is 67.5 Å². The van der Waals surface area contributed by atoms with Crippen molar-refractivity contribution < 1.29 is 85.0 Å². The van der Waals surface area contributed by atoms with Gasteiger partial charge in [-0.25, -0.2) is 0 Å². The van der Waals surface area contributed by atoms with Gasteiger partial charge in [0.1, 0.15) is 60.3 Å². The lowest BCUT2D eigenvalue weighted by Crippen LogP contribution is -2.60. The average molecular weight is 629 g/mol. The molecule has 0 aromatic heterocycles. The van der Waals surface area contributed by atoms with Crippen LogP contribution in [-0.4, -0.2) is 136 Å². The fourth-order valence-corrected chi connectivity index (χ4v) is 4.98. The van der Waals surface area contributed by atoms with Gasteiger partial charge in [-0.3, -0.25) is 0 Å². The second-order valence-electron chi connectivity index (χ2n) is 10.4. The highest BCUT2D eigenvalue weighted by Gasteiger charge is 2.47. The first-order valence-corrected chi connectivity index (χ1v) is 13.3. The summed E-state index contributed by atoms with van der Waals surface area (Å²) in [5, 5.41) is 121. The lowest BCUT2D eigenvalue weighted by Gasteiger charge is -2.41. The number of benzene rings is 2. The molecule has 0 aliphatic carbocycles. The minimum Gasteiger partial charge on any atom is -0.504 e. The number of phenolic OH excluding ortho intramolecular Hbond substituents is 4. The van der Waals surface area contributed by atoms with Gasteiger partial charge in [-0.05, 0) is 24.3 Å². The topological polar surface area (TPSA) is 289 Å². The van der Waals surface area contributed by atoms with Gasteiger partial charge in [0.05, 0.1) is 13.2 Å². The maximum absolute atomic E-state index is 10.7. The van der Waals surface area contributed by atoms with Crippen LogP contribution < -0.4 is 9.47 Å². The van der Waals surface area contributed by atoms with E-state index in [9.17, 15) is 61.3 Å². The van der Waals surface area contributed by atoms with Crippen LogP contribution in [-0.2, 0) is 14.2 Å². The molecule has 3 heterocycles. The van der Waals surface area contributed by atoms with Crippen molar-refractivity contribution in [1.82, 2.24) is 0 Å². The van der Waals surface area contributed by atoms with E-state index in [4.69, 9.17) is 23.7 Å². The number of hydrogen-bond acceptors (Lipinski definition) is 17. The Morgan fingerprint density at radius 3 is 1.66 bits per heavy atom. The molecule has 17 nitrogen and oxygen atoms in total. The molecular weight excluding hydrogens is 596 g/mol. The molecule has 0 amide bonds. The predicted molar refractivity (Wildman–Crippen MR) is 140 cm³/mol. The lowest BCUT2D eigenvalue weighted by atomic mass is 9.98. The van der Waals surface area contributed by atoms with E-state index in [2.05, 4.69) is 0 Å². The summed E-state index contributed by atoms with van der Waals surface area (Å²) >= 11 is 0. The Labute approximate surface area is 247 Å². The molecular formula is C27H32O17. The summed E-state index contributed by atoms with van der Waals surface area (Å²) in [5.41, 5.74) is 0.130. The average Bonchev–Trinajstić information content (AvgIpc) is 3.00. The maximum Gasteiger partial charge on any atom is 0.229 e. The van der Waals surface area contributed by atoms with Gasteiger partial charge in [-0.15, -0.1) is 0 Å². The Morgan fingerprint density at radius 1 is 0.614 bits per heavy atom. The van der Waals surface area contributed by atoms with Crippen LogP contribution in [0.25, 0.3) is 6.08 Å². The summed E-state index contributed by atoms with van der Waals surface area (Å²) in [7, 11) is 0. The van der Waals surface area contributed by atoms with E-state index in [0.29, 0.717) is 0 Å². The monoisotopic (exact) mass is 628 g/mol. The van der Waals surface area contributed by atoms with Gasteiger partial charge in [-0.2, -0.15) is 0 Å². The zero-order chi connectivity index (χ0) is 32.0. The van der Waals surface area contributed by atoms with Crippen molar-refractivity contribution in [2.75, 3.05) is 13.2 Å². The molecule has 2 fully saturated rings. The molecule has 0 bridgehead atoms. The molecule has 11 atom stereocenters. The van der Waals surface area contributed by atoms with Crippen molar-refractivity contribution in [2.24, 2.45) is 0 Å². The third-order valence-corrected chi connectivity index (χ3v) is 7.48. The number of rotatable bonds is 7. The highest BCUT2D eigenvalue weighted by Crippen LogP contribution is 2.46. The standard InChI is InChI=1S/C27H32O17/c28-6-16-19(34)21(36)23(38)26(43-16)41-14-3-8-4-15(42-27-24(39)22(37)20(35)17(7-29)44-27)25(40-13(8)5-10(14)30)9-1-11(31)18(33)12(32)2-9/h1-5,16-17,19-39H,6-7H2. The Balaban J connectivity index is 1.51. The van der Waals surface area contributed by atoms with E-state index in [-0.39, 0.29) is 28.4 Å². The molecule has 17 heteroatoms. The molecule has 0 saturated carbocycles. The summed E-state index contributed by atoms with van der Waals surface area (Å²) in [6, 6.07) is 4.35. The van der Waals surface area contributed by atoms with Crippen LogP contribution in [0.5, 0.6) is 34.5 Å². The smallest absolute Gasteiger partial charge is 0.229 e. The predicted octanol–water partition coefficient (Wildman–Crippen LogP) is -3.02. The molecule has 0 radical (unpaired) electrons. The van der Waals surface area contributed by atoms with Gasteiger partial charge in [-0.1, -0.05) is 0 Å². The second kappa shape index (κ2) is 12.4. The fraction of sp³-hybridized carbons (Fsp3) is 0.481. The molecule has 11 unspecified atom stereocenters. The fourth-order valence-electron chi connectivity index (χ4n) is 4.98. The highest BCUT2D eigenvalue weighted by atomic mass is 16.7. The van der Waals surface area contributed by atoms with Crippen molar-refractivity contribution in [1.29, 1.82) is 0 Å². The Morgan fingerprint density at radius 2 is 1.14 bits per heavy atom. The number of ether oxygens (including phenoxy) is 5. The quantitative estimate of drug-likeness (QED) is 0.136. The first kappa shape index (κ1) is 31.8. The van der Waals surface area contributed by atoms with E-state index < -0.39 is 104 Å². The molecule has 242 valence electrons. The molecule has 3 aliphatic rings. The van der Waals surface area contributed by atoms with Crippen LogP contribution >= 0.6 is 0 Å². The lowest BCUT2D eigenvalue weighted by molar-refractivity contribution is -0.293. The second-order valence-corrected chi connectivity index (χ2v) is 10.4. The largest absolute Gasteiger partial charge is 0.504 e. The van der Waals surface area contributed by atoms with Crippen LogP contribution in [0.15, 0.2) is 30.0 Å². The third kappa shape index (κ3) is 5.77. The molecule has 5 rings (SSSR count). The van der Waals surface area contributed by atoms with Crippen molar-refractivity contribution in [3.8, 4) is 34.5 Å². The van der Waals surface area contributed by atoms with E-state index >= 15 is 0 Å². The van der Waals surface area contributed by atoms with Gasteiger partial charge in [0.25, 0.3) is 0 Å². The number of aromatic hydroxyl groups is 4. The van der Waals surface area contributed by atoms with E-state index in [1.807, 2.05) is 0 Å². The molecule has 2 saturated heterocycles. The van der Waals surface area contributed by atoms with Gasteiger partial charge in [0.15, 0.2) is 34.9 Å². The molecule has 3 aliphatic heterocycles. The van der Waals surface area contributed by atoms with E-state index in [1.165, 1.54) is 12.1 Å². The molecule has 2 aromatic rings.